The number of nitrogens with two attached hydrogens (primary N) is 1. The van der Waals surface area contributed by atoms with Gasteiger partial charge in [-0.25, -0.2) is 4.39 Å². The number of H-pyrrole nitrogens is 1. The molecule has 1 aromatic carbocycles. The van der Waals surface area contributed by atoms with Gasteiger partial charge in [-0.05, 0) is 43.5 Å². The summed E-state index contributed by atoms with van der Waals surface area (Å²) in [5.74, 6) is -0.202. The Balaban J connectivity index is 2.22. The average molecular weight is 262 g/mol. The first-order valence-corrected chi connectivity index (χ1v) is 6.72. The number of ether oxygens (including phenoxy) is 1. The Morgan fingerprint density at radius 3 is 2.79 bits per heavy atom. The summed E-state index contributed by atoms with van der Waals surface area (Å²) in [5, 5.41) is 0.963. The molecule has 0 aliphatic carbocycles. The molecule has 1 aliphatic rings. The SMILES string of the molecule is Cc1[nH]c2ccc(F)cc2c1C1(CN)CCOCC1. The van der Waals surface area contributed by atoms with Crippen LogP contribution in [0.15, 0.2) is 18.2 Å². The zero-order valence-corrected chi connectivity index (χ0v) is 11.1. The van der Waals surface area contributed by atoms with E-state index in [0.29, 0.717) is 6.54 Å². The van der Waals surface area contributed by atoms with E-state index in [2.05, 4.69) is 4.98 Å². The lowest BCUT2D eigenvalue weighted by Gasteiger charge is -2.37. The van der Waals surface area contributed by atoms with Gasteiger partial charge in [-0.2, -0.15) is 0 Å². The van der Waals surface area contributed by atoms with E-state index in [9.17, 15) is 4.39 Å². The van der Waals surface area contributed by atoms with E-state index in [-0.39, 0.29) is 11.2 Å². The predicted molar refractivity (Wildman–Crippen MR) is 73.8 cm³/mol. The highest BCUT2D eigenvalue weighted by atomic mass is 19.1. The average Bonchev–Trinajstić information content (AvgIpc) is 2.75. The summed E-state index contributed by atoms with van der Waals surface area (Å²) in [6.07, 6.45) is 1.79. The second kappa shape index (κ2) is 4.62. The van der Waals surface area contributed by atoms with E-state index < -0.39 is 0 Å². The molecule has 3 nitrogen and oxygen atoms in total. The lowest BCUT2D eigenvalue weighted by Crippen LogP contribution is -2.41. The summed E-state index contributed by atoms with van der Waals surface area (Å²) in [5.41, 5.74) is 9.22. The molecule has 0 spiro atoms. The molecule has 0 unspecified atom stereocenters. The zero-order valence-electron chi connectivity index (χ0n) is 11.1. The largest absolute Gasteiger partial charge is 0.381 e. The lowest BCUT2D eigenvalue weighted by atomic mass is 9.73. The molecule has 0 saturated carbocycles. The minimum atomic E-state index is -0.202. The summed E-state index contributed by atoms with van der Waals surface area (Å²) < 4.78 is 19.0. The zero-order chi connectivity index (χ0) is 13.5. The number of hydrogen-bond donors (Lipinski definition) is 2. The second-order valence-corrected chi connectivity index (χ2v) is 5.41. The quantitative estimate of drug-likeness (QED) is 0.874. The maximum atomic E-state index is 13.6. The number of nitrogens with one attached hydrogen (secondary N) is 1. The van der Waals surface area contributed by atoms with Crippen LogP contribution < -0.4 is 5.73 Å². The van der Waals surface area contributed by atoms with Crippen LogP contribution >= 0.6 is 0 Å². The topological polar surface area (TPSA) is 51.0 Å². The van der Waals surface area contributed by atoms with Crippen molar-refractivity contribution in [1.29, 1.82) is 0 Å². The third kappa shape index (κ3) is 1.95. The molecule has 0 radical (unpaired) electrons. The first-order valence-electron chi connectivity index (χ1n) is 6.72. The first-order chi connectivity index (χ1) is 9.16. The van der Waals surface area contributed by atoms with Crippen molar-refractivity contribution in [2.45, 2.75) is 25.2 Å². The molecule has 1 fully saturated rings. The number of aromatic nitrogens is 1. The van der Waals surface area contributed by atoms with E-state index in [4.69, 9.17) is 10.5 Å². The van der Waals surface area contributed by atoms with E-state index in [1.807, 2.05) is 6.92 Å². The minimum Gasteiger partial charge on any atom is -0.381 e. The Kier molecular flexibility index (Phi) is 3.07. The summed E-state index contributed by atoms with van der Waals surface area (Å²) in [6, 6.07) is 4.90. The van der Waals surface area contributed by atoms with Crippen LogP contribution in [0, 0.1) is 12.7 Å². The summed E-state index contributed by atoms with van der Waals surface area (Å²) in [7, 11) is 0. The van der Waals surface area contributed by atoms with Crippen LogP contribution in [0.3, 0.4) is 0 Å². The second-order valence-electron chi connectivity index (χ2n) is 5.41. The fourth-order valence-electron chi connectivity index (χ4n) is 3.30. The fraction of sp³-hybridized carbons (Fsp3) is 0.467. The minimum absolute atomic E-state index is 0.0889. The van der Waals surface area contributed by atoms with Gasteiger partial charge < -0.3 is 15.5 Å². The molecule has 0 bridgehead atoms. The molecule has 2 aromatic rings. The molecule has 0 amide bonds. The maximum absolute atomic E-state index is 13.6. The van der Waals surface area contributed by atoms with Gasteiger partial charge in [0.25, 0.3) is 0 Å². The van der Waals surface area contributed by atoms with Crippen molar-refractivity contribution in [3.05, 3.63) is 35.3 Å². The van der Waals surface area contributed by atoms with Crippen molar-refractivity contribution in [1.82, 2.24) is 4.98 Å². The molecule has 1 aliphatic heterocycles. The van der Waals surface area contributed by atoms with E-state index in [1.165, 1.54) is 11.6 Å². The van der Waals surface area contributed by atoms with Crippen LogP contribution in [0.5, 0.6) is 0 Å². The highest BCUT2D eigenvalue weighted by molar-refractivity contribution is 5.86. The van der Waals surface area contributed by atoms with Crippen molar-refractivity contribution in [3.63, 3.8) is 0 Å². The molecular weight excluding hydrogens is 243 g/mol. The van der Waals surface area contributed by atoms with Gasteiger partial charge in [0, 0.05) is 41.8 Å². The van der Waals surface area contributed by atoms with Crippen LogP contribution in [0.4, 0.5) is 4.39 Å². The lowest BCUT2D eigenvalue weighted by molar-refractivity contribution is 0.0532. The van der Waals surface area contributed by atoms with Gasteiger partial charge in [-0.15, -0.1) is 0 Å². The van der Waals surface area contributed by atoms with E-state index in [0.717, 1.165) is 42.7 Å². The number of rotatable bonds is 2. The van der Waals surface area contributed by atoms with Gasteiger partial charge in [-0.1, -0.05) is 0 Å². The van der Waals surface area contributed by atoms with Crippen LogP contribution in [-0.2, 0) is 10.2 Å². The number of halogens is 1. The van der Waals surface area contributed by atoms with Gasteiger partial charge in [0.1, 0.15) is 5.82 Å². The molecule has 102 valence electrons. The van der Waals surface area contributed by atoms with Crippen LogP contribution in [0.1, 0.15) is 24.1 Å². The van der Waals surface area contributed by atoms with E-state index in [1.54, 1.807) is 12.1 Å². The van der Waals surface area contributed by atoms with Gasteiger partial charge in [0.15, 0.2) is 0 Å². The van der Waals surface area contributed by atoms with Gasteiger partial charge >= 0.3 is 0 Å². The summed E-state index contributed by atoms with van der Waals surface area (Å²) in [4.78, 5) is 3.35. The summed E-state index contributed by atoms with van der Waals surface area (Å²) >= 11 is 0. The molecule has 3 rings (SSSR count). The van der Waals surface area contributed by atoms with Crippen LogP contribution in [-0.4, -0.2) is 24.7 Å². The van der Waals surface area contributed by atoms with Gasteiger partial charge in [0.2, 0.25) is 0 Å². The highest BCUT2D eigenvalue weighted by Crippen LogP contribution is 2.40. The van der Waals surface area contributed by atoms with Crippen molar-refractivity contribution in [2.24, 2.45) is 5.73 Å². The van der Waals surface area contributed by atoms with Gasteiger partial charge in [0.05, 0.1) is 0 Å². The molecule has 3 N–H and O–H groups in total. The normalized spacial score (nSPS) is 18.9. The molecule has 19 heavy (non-hydrogen) atoms. The van der Waals surface area contributed by atoms with Crippen molar-refractivity contribution < 1.29 is 9.13 Å². The Hall–Kier alpha value is -1.39. The number of fused-ring (bicyclic) bond motifs is 1. The monoisotopic (exact) mass is 262 g/mol. The first kappa shape index (κ1) is 12.6. The summed E-state index contributed by atoms with van der Waals surface area (Å²) in [6.45, 7) is 4.05. The number of aromatic amines is 1. The van der Waals surface area contributed by atoms with Crippen LogP contribution in [0.25, 0.3) is 10.9 Å². The molecule has 1 aromatic heterocycles. The third-order valence-corrected chi connectivity index (χ3v) is 4.32. The highest BCUT2D eigenvalue weighted by Gasteiger charge is 2.36. The molecule has 2 heterocycles. The Morgan fingerprint density at radius 1 is 1.37 bits per heavy atom. The van der Waals surface area contributed by atoms with Crippen molar-refractivity contribution >= 4 is 10.9 Å². The van der Waals surface area contributed by atoms with Gasteiger partial charge in [-0.3, -0.25) is 0 Å². The fourth-order valence-corrected chi connectivity index (χ4v) is 3.30. The molecule has 1 saturated heterocycles. The Bertz CT molecular complexity index is 599. The Morgan fingerprint density at radius 2 is 2.11 bits per heavy atom. The number of benzene rings is 1. The predicted octanol–water partition coefficient (Wildman–Crippen LogP) is 2.62. The third-order valence-electron chi connectivity index (χ3n) is 4.32. The van der Waals surface area contributed by atoms with Crippen LogP contribution in [0.2, 0.25) is 0 Å². The number of aryl methyl sites for hydroxylation is 1. The smallest absolute Gasteiger partial charge is 0.123 e. The molecule has 4 heteroatoms. The molecule has 0 atom stereocenters. The maximum Gasteiger partial charge on any atom is 0.123 e. The Labute approximate surface area is 111 Å². The standard InChI is InChI=1S/C15H19FN2O/c1-10-14(15(9-17)4-6-19-7-5-15)12-8-11(16)2-3-13(12)18-10/h2-3,8,18H,4-7,9,17H2,1H3. The van der Waals surface area contributed by atoms with E-state index >= 15 is 0 Å². The van der Waals surface area contributed by atoms with Crippen molar-refractivity contribution in [2.75, 3.05) is 19.8 Å². The molecular formula is C15H19FN2O. The van der Waals surface area contributed by atoms with Crippen molar-refractivity contribution in [3.8, 4) is 0 Å². The number of hydrogen-bond acceptors (Lipinski definition) is 2.